The molecule has 0 amide bonds. The van der Waals surface area contributed by atoms with Crippen molar-refractivity contribution in [3.63, 3.8) is 0 Å². The monoisotopic (exact) mass is 331 g/mol. The fraction of sp³-hybridized carbons (Fsp3) is 0.786. The minimum Gasteiger partial charge on any atom is -0.380 e. The highest BCUT2D eigenvalue weighted by Gasteiger charge is 2.17. The Morgan fingerprint density at radius 2 is 2.11 bits per heavy atom. The number of rotatable bonds is 9. The third kappa shape index (κ3) is 4.89. The van der Waals surface area contributed by atoms with Gasteiger partial charge < -0.3 is 10.1 Å². The Hall–Kier alpha value is -0.390. The predicted octanol–water partition coefficient (Wildman–Crippen LogP) is 2.69. The van der Waals surface area contributed by atoms with Crippen molar-refractivity contribution in [3.8, 4) is 0 Å². The van der Waals surface area contributed by atoms with Gasteiger partial charge in [0.2, 0.25) is 0 Å². The molecule has 0 aromatic carbocycles. The molecule has 1 rings (SSSR count). The Morgan fingerprint density at radius 3 is 2.63 bits per heavy atom. The van der Waals surface area contributed by atoms with Crippen LogP contribution in [-0.2, 0) is 24.6 Å². The highest BCUT2D eigenvalue weighted by molar-refractivity contribution is 9.10. The van der Waals surface area contributed by atoms with E-state index in [2.05, 4.69) is 47.1 Å². The quantitative estimate of drug-likeness (QED) is 0.707. The highest BCUT2D eigenvalue weighted by Crippen LogP contribution is 2.22. The minimum absolute atomic E-state index is 0.341. The third-order valence-corrected chi connectivity index (χ3v) is 4.02. The fourth-order valence-electron chi connectivity index (χ4n) is 2.12. The zero-order valence-corrected chi connectivity index (χ0v) is 14.1. The molecule has 0 spiro atoms. The normalized spacial score (nSPS) is 12.9. The summed E-state index contributed by atoms with van der Waals surface area (Å²) in [5.74, 6) is 0. The molecular weight excluding hydrogens is 306 g/mol. The van der Waals surface area contributed by atoms with Crippen molar-refractivity contribution in [1.29, 1.82) is 0 Å². The molecule has 1 atom stereocenters. The Kier molecular flexibility index (Phi) is 7.64. The van der Waals surface area contributed by atoms with Gasteiger partial charge in [0.25, 0.3) is 0 Å². The SMILES string of the molecule is CCCOCC(Cc1c(Br)c(CC)nn1C)NCC. The molecule has 0 aliphatic carbocycles. The van der Waals surface area contributed by atoms with Crippen LogP contribution in [-0.4, -0.2) is 35.6 Å². The molecule has 1 N–H and O–H groups in total. The number of likely N-dealkylation sites (N-methyl/N-ethyl adjacent to an activating group) is 1. The van der Waals surface area contributed by atoms with E-state index in [0.29, 0.717) is 6.04 Å². The number of nitrogens with zero attached hydrogens (tertiary/aromatic N) is 2. The Labute approximate surface area is 125 Å². The molecule has 0 bridgehead atoms. The number of nitrogens with one attached hydrogen (secondary N) is 1. The van der Waals surface area contributed by atoms with Gasteiger partial charge in [-0.05, 0) is 35.3 Å². The summed E-state index contributed by atoms with van der Waals surface area (Å²) in [6.07, 6.45) is 2.95. The first-order chi connectivity index (χ1) is 9.13. The zero-order chi connectivity index (χ0) is 14.3. The van der Waals surface area contributed by atoms with Crippen molar-refractivity contribution in [2.24, 2.45) is 7.05 Å². The number of halogens is 1. The van der Waals surface area contributed by atoms with Crippen LogP contribution < -0.4 is 5.32 Å². The molecule has 1 heterocycles. The summed E-state index contributed by atoms with van der Waals surface area (Å²) < 4.78 is 8.80. The van der Waals surface area contributed by atoms with Crippen molar-refractivity contribution in [1.82, 2.24) is 15.1 Å². The molecular formula is C14H26BrN3O. The van der Waals surface area contributed by atoms with E-state index in [4.69, 9.17) is 4.74 Å². The molecule has 5 heteroatoms. The van der Waals surface area contributed by atoms with Crippen molar-refractivity contribution in [2.75, 3.05) is 19.8 Å². The first kappa shape index (κ1) is 16.7. The van der Waals surface area contributed by atoms with E-state index in [1.807, 2.05) is 11.7 Å². The molecule has 0 radical (unpaired) electrons. The van der Waals surface area contributed by atoms with Gasteiger partial charge >= 0.3 is 0 Å². The Balaban J connectivity index is 2.69. The van der Waals surface area contributed by atoms with E-state index in [1.54, 1.807) is 0 Å². The van der Waals surface area contributed by atoms with Gasteiger partial charge in [-0.2, -0.15) is 5.10 Å². The second kappa shape index (κ2) is 8.72. The molecule has 1 aromatic heterocycles. The maximum atomic E-state index is 5.68. The number of aromatic nitrogens is 2. The number of hydrogen-bond donors (Lipinski definition) is 1. The van der Waals surface area contributed by atoms with Crippen molar-refractivity contribution in [3.05, 3.63) is 15.9 Å². The smallest absolute Gasteiger partial charge is 0.0766 e. The molecule has 0 fully saturated rings. The van der Waals surface area contributed by atoms with Crippen molar-refractivity contribution in [2.45, 2.75) is 46.1 Å². The Bertz CT molecular complexity index is 379. The van der Waals surface area contributed by atoms with E-state index in [1.165, 1.54) is 5.69 Å². The lowest BCUT2D eigenvalue weighted by molar-refractivity contribution is 0.111. The number of hydrogen-bond acceptors (Lipinski definition) is 3. The predicted molar refractivity (Wildman–Crippen MR) is 82.6 cm³/mol. The highest BCUT2D eigenvalue weighted by atomic mass is 79.9. The summed E-state index contributed by atoms with van der Waals surface area (Å²) in [6.45, 7) is 8.92. The summed E-state index contributed by atoms with van der Waals surface area (Å²) in [4.78, 5) is 0. The van der Waals surface area contributed by atoms with Gasteiger partial charge in [-0.1, -0.05) is 20.8 Å². The van der Waals surface area contributed by atoms with Gasteiger partial charge in [0.1, 0.15) is 0 Å². The van der Waals surface area contributed by atoms with Crippen LogP contribution in [0.4, 0.5) is 0 Å². The number of ether oxygens (including phenoxy) is 1. The van der Waals surface area contributed by atoms with Gasteiger partial charge in [-0.3, -0.25) is 4.68 Å². The van der Waals surface area contributed by atoms with Crippen LogP contribution in [0, 0.1) is 0 Å². The summed E-state index contributed by atoms with van der Waals surface area (Å²) in [5, 5.41) is 8.02. The van der Waals surface area contributed by atoms with E-state index >= 15 is 0 Å². The maximum absolute atomic E-state index is 5.68. The lowest BCUT2D eigenvalue weighted by atomic mass is 10.1. The lowest BCUT2D eigenvalue weighted by Gasteiger charge is -2.18. The average Bonchev–Trinajstić information content (AvgIpc) is 2.66. The maximum Gasteiger partial charge on any atom is 0.0766 e. The van der Waals surface area contributed by atoms with Gasteiger partial charge in [-0.25, -0.2) is 0 Å². The molecule has 0 saturated carbocycles. The summed E-state index contributed by atoms with van der Waals surface area (Å²) >= 11 is 3.67. The minimum atomic E-state index is 0.341. The molecule has 0 aliphatic heterocycles. The molecule has 4 nitrogen and oxygen atoms in total. The van der Waals surface area contributed by atoms with E-state index in [-0.39, 0.29) is 0 Å². The second-order valence-corrected chi connectivity index (χ2v) is 5.51. The average molecular weight is 332 g/mol. The van der Waals surface area contributed by atoms with Crippen LogP contribution in [0.5, 0.6) is 0 Å². The van der Waals surface area contributed by atoms with E-state index in [9.17, 15) is 0 Å². The first-order valence-electron chi connectivity index (χ1n) is 7.15. The largest absolute Gasteiger partial charge is 0.380 e. The first-order valence-corrected chi connectivity index (χ1v) is 7.94. The molecule has 19 heavy (non-hydrogen) atoms. The van der Waals surface area contributed by atoms with Gasteiger partial charge in [0.15, 0.2) is 0 Å². The van der Waals surface area contributed by atoms with E-state index < -0.39 is 0 Å². The van der Waals surface area contributed by atoms with Gasteiger partial charge in [-0.15, -0.1) is 0 Å². The van der Waals surface area contributed by atoms with Crippen LogP contribution in [0.25, 0.3) is 0 Å². The summed E-state index contributed by atoms with van der Waals surface area (Å²) in [7, 11) is 2.01. The van der Waals surface area contributed by atoms with E-state index in [0.717, 1.165) is 49.2 Å². The van der Waals surface area contributed by atoms with Crippen molar-refractivity contribution >= 4 is 15.9 Å². The van der Waals surface area contributed by atoms with Crippen LogP contribution in [0.3, 0.4) is 0 Å². The van der Waals surface area contributed by atoms with Crippen LogP contribution in [0.2, 0.25) is 0 Å². The second-order valence-electron chi connectivity index (χ2n) is 4.72. The summed E-state index contributed by atoms with van der Waals surface area (Å²) in [5.41, 5.74) is 2.37. The number of aryl methyl sites for hydroxylation is 2. The topological polar surface area (TPSA) is 39.1 Å². The standard InChI is InChI=1S/C14H26BrN3O/c1-5-8-19-10-11(16-7-3)9-13-14(15)12(6-2)17-18(13)4/h11,16H,5-10H2,1-4H3. The molecule has 110 valence electrons. The molecule has 1 aromatic rings. The lowest BCUT2D eigenvalue weighted by Crippen LogP contribution is -2.36. The van der Waals surface area contributed by atoms with Crippen molar-refractivity contribution < 1.29 is 4.74 Å². The molecule has 1 unspecified atom stereocenters. The molecule has 0 saturated heterocycles. The van der Waals surface area contributed by atoms with Gasteiger partial charge in [0.05, 0.1) is 22.5 Å². The fourth-order valence-corrected chi connectivity index (χ4v) is 2.90. The van der Waals surface area contributed by atoms with Crippen LogP contribution in [0.15, 0.2) is 4.47 Å². The van der Waals surface area contributed by atoms with Crippen LogP contribution in [0.1, 0.15) is 38.6 Å². The molecule has 0 aliphatic rings. The third-order valence-electron chi connectivity index (χ3n) is 3.10. The zero-order valence-electron chi connectivity index (χ0n) is 12.5. The van der Waals surface area contributed by atoms with Gasteiger partial charge in [0, 0.05) is 26.1 Å². The summed E-state index contributed by atoms with van der Waals surface area (Å²) in [6, 6.07) is 0.341. The Morgan fingerprint density at radius 1 is 1.37 bits per heavy atom. The van der Waals surface area contributed by atoms with Crippen LogP contribution >= 0.6 is 15.9 Å².